The van der Waals surface area contributed by atoms with Crippen LogP contribution in [0.2, 0.25) is 5.28 Å². The maximum absolute atomic E-state index is 9.24. The van der Waals surface area contributed by atoms with Crippen molar-refractivity contribution in [3.05, 3.63) is 41.7 Å². The summed E-state index contributed by atoms with van der Waals surface area (Å²) in [5.74, 6) is 0.782. The Morgan fingerprint density at radius 3 is 2.68 bits per heavy atom. The predicted octanol–water partition coefficient (Wildman–Crippen LogP) is 3.83. The van der Waals surface area contributed by atoms with Crippen LogP contribution in [0.15, 0.2) is 36.4 Å². The number of likely N-dealkylation sites (N-methyl/N-ethyl adjacent to an activating group) is 1. The largest absolute Gasteiger partial charge is 0.395 e. The number of fused-ring (bicyclic) bond motifs is 1. The van der Waals surface area contributed by atoms with E-state index in [2.05, 4.69) is 28.2 Å². The van der Waals surface area contributed by atoms with Crippen molar-refractivity contribution in [1.29, 1.82) is 0 Å². The Morgan fingerprint density at radius 2 is 2.00 bits per heavy atom. The topological polar surface area (TPSA) is 49.2 Å². The van der Waals surface area contributed by atoms with E-state index in [9.17, 15) is 5.11 Å². The van der Waals surface area contributed by atoms with Crippen LogP contribution in [0.1, 0.15) is 6.92 Å². The Kier molecular flexibility index (Phi) is 4.57. The minimum absolute atomic E-state index is 0.0760. The van der Waals surface area contributed by atoms with Gasteiger partial charge in [-0.05, 0) is 30.2 Å². The highest BCUT2D eigenvalue weighted by molar-refractivity contribution is 7.22. The van der Waals surface area contributed by atoms with E-state index >= 15 is 0 Å². The first-order valence-corrected chi connectivity index (χ1v) is 8.30. The van der Waals surface area contributed by atoms with Gasteiger partial charge in [0.2, 0.25) is 5.28 Å². The smallest absolute Gasteiger partial charge is 0.225 e. The SMILES string of the molecule is CCN(CCO)c1nc(Cl)nc2sc(-c3ccccc3)cc12. The maximum atomic E-state index is 9.24. The van der Waals surface area contributed by atoms with Crippen LogP contribution in [0.25, 0.3) is 20.7 Å². The van der Waals surface area contributed by atoms with Crippen LogP contribution in [0.5, 0.6) is 0 Å². The minimum atomic E-state index is 0.0760. The maximum Gasteiger partial charge on any atom is 0.225 e. The summed E-state index contributed by atoms with van der Waals surface area (Å²) in [6.07, 6.45) is 0. The van der Waals surface area contributed by atoms with E-state index in [0.717, 1.165) is 33.0 Å². The van der Waals surface area contributed by atoms with Crippen LogP contribution in [0, 0.1) is 0 Å². The van der Waals surface area contributed by atoms with Gasteiger partial charge in [-0.3, -0.25) is 0 Å². The van der Waals surface area contributed by atoms with Crippen LogP contribution in [0.4, 0.5) is 5.82 Å². The molecule has 0 unspecified atom stereocenters. The molecule has 0 saturated carbocycles. The molecule has 2 aromatic heterocycles. The predicted molar refractivity (Wildman–Crippen MR) is 92.8 cm³/mol. The molecule has 0 saturated heterocycles. The Bertz CT molecular complexity index is 776. The summed E-state index contributed by atoms with van der Waals surface area (Å²) < 4.78 is 0. The Morgan fingerprint density at radius 1 is 1.23 bits per heavy atom. The summed E-state index contributed by atoms with van der Waals surface area (Å²) in [5, 5.41) is 10.5. The van der Waals surface area contributed by atoms with Crippen molar-refractivity contribution in [1.82, 2.24) is 9.97 Å². The zero-order valence-corrected chi connectivity index (χ0v) is 13.7. The lowest BCUT2D eigenvalue weighted by Gasteiger charge is -2.21. The lowest BCUT2D eigenvalue weighted by atomic mass is 10.2. The fraction of sp³-hybridized carbons (Fsp3) is 0.250. The number of aliphatic hydroxyl groups is 1. The molecule has 2 heterocycles. The molecule has 0 atom stereocenters. The van der Waals surface area contributed by atoms with Crippen molar-refractivity contribution in [2.45, 2.75) is 6.92 Å². The number of rotatable bonds is 5. The molecule has 1 N–H and O–H groups in total. The molecule has 0 bridgehead atoms. The third-order valence-corrected chi connectivity index (χ3v) is 4.70. The number of halogens is 1. The van der Waals surface area contributed by atoms with E-state index in [1.54, 1.807) is 11.3 Å². The van der Waals surface area contributed by atoms with Crippen LogP contribution in [-0.2, 0) is 0 Å². The van der Waals surface area contributed by atoms with Gasteiger partial charge in [-0.25, -0.2) is 4.98 Å². The van der Waals surface area contributed by atoms with E-state index < -0.39 is 0 Å². The van der Waals surface area contributed by atoms with Crippen LogP contribution in [0.3, 0.4) is 0 Å². The van der Waals surface area contributed by atoms with Gasteiger partial charge in [0.15, 0.2) is 0 Å². The minimum Gasteiger partial charge on any atom is -0.395 e. The second-order valence-corrected chi connectivity index (χ2v) is 6.18. The number of anilines is 1. The van der Waals surface area contributed by atoms with Crippen molar-refractivity contribution in [3.8, 4) is 10.4 Å². The molecule has 0 aliphatic carbocycles. The summed E-state index contributed by atoms with van der Waals surface area (Å²) in [5.41, 5.74) is 1.15. The highest BCUT2D eigenvalue weighted by Crippen LogP contribution is 2.37. The first kappa shape index (κ1) is 15.2. The van der Waals surface area contributed by atoms with Crippen molar-refractivity contribution >= 4 is 39.0 Å². The average Bonchev–Trinajstić information content (AvgIpc) is 2.96. The van der Waals surface area contributed by atoms with Crippen LogP contribution < -0.4 is 4.90 Å². The van der Waals surface area contributed by atoms with Gasteiger partial charge in [-0.15, -0.1) is 11.3 Å². The van der Waals surface area contributed by atoms with E-state index in [-0.39, 0.29) is 11.9 Å². The summed E-state index contributed by atoms with van der Waals surface area (Å²) in [6.45, 7) is 3.38. The molecular formula is C16H16ClN3OS. The highest BCUT2D eigenvalue weighted by atomic mass is 35.5. The van der Waals surface area contributed by atoms with Gasteiger partial charge in [-0.1, -0.05) is 30.3 Å². The fourth-order valence-electron chi connectivity index (χ4n) is 2.40. The fourth-order valence-corrected chi connectivity index (χ4v) is 3.65. The monoisotopic (exact) mass is 333 g/mol. The van der Waals surface area contributed by atoms with Crippen molar-refractivity contribution in [2.24, 2.45) is 0 Å². The van der Waals surface area contributed by atoms with Crippen LogP contribution in [-0.4, -0.2) is 34.8 Å². The Hall–Kier alpha value is -1.69. The lowest BCUT2D eigenvalue weighted by molar-refractivity contribution is 0.302. The standard InChI is InChI=1S/C16H16ClN3OS/c1-2-20(8-9-21)14-12-10-13(11-6-4-3-5-7-11)22-15(12)19-16(17)18-14/h3-7,10,21H,2,8-9H2,1H3. The molecule has 0 aliphatic heterocycles. The van der Waals surface area contributed by atoms with E-state index in [1.807, 2.05) is 30.0 Å². The second kappa shape index (κ2) is 6.60. The Balaban J connectivity index is 2.15. The van der Waals surface area contributed by atoms with E-state index in [4.69, 9.17) is 11.6 Å². The molecule has 3 rings (SSSR count). The van der Waals surface area contributed by atoms with Gasteiger partial charge in [-0.2, -0.15) is 4.98 Å². The number of nitrogens with zero attached hydrogens (tertiary/aromatic N) is 3. The van der Waals surface area contributed by atoms with Gasteiger partial charge in [0.25, 0.3) is 0 Å². The van der Waals surface area contributed by atoms with Gasteiger partial charge >= 0.3 is 0 Å². The second-order valence-electron chi connectivity index (χ2n) is 4.82. The molecule has 0 fully saturated rings. The van der Waals surface area contributed by atoms with Crippen molar-refractivity contribution < 1.29 is 5.11 Å². The number of thiophene rings is 1. The zero-order valence-electron chi connectivity index (χ0n) is 12.2. The molecule has 0 amide bonds. The molecule has 6 heteroatoms. The number of hydrogen-bond donors (Lipinski definition) is 1. The molecular weight excluding hydrogens is 318 g/mol. The number of aromatic nitrogens is 2. The van der Waals surface area contributed by atoms with Gasteiger partial charge < -0.3 is 10.0 Å². The molecule has 0 spiro atoms. The average molecular weight is 334 g/mol. The summed E-state index contributed by atoms with van der Waals surface area (Å²) >= 11 is 7.68. The number of aliphatic hydroxyl groups excluding tert-OH is 1. The number of hydrogen-bond acceptors (Lipinski definition) is 5. The third-order valence-electron chi connectivity index (χ3n) is 3.45. The zero-order chi connectivity index (χ0) is 15.5. The summed E-state index contributed by atoms with van der Waals surface area (Å²) in [6, 6.07) is 12.3. The van der Waals surface area contributed by atoms with Gasteiger partial charge in [0.05, 0.1) is 12.0 Å². The highest BCUT2D eigenvalue weighted by Gasteiger charge is 2.16. The number of benzene rings is 1. The van der Waals surface area contributed by atoms with E-state index in [1.165, 1.54) is 0 Å². The van der Waals surface area contributed by atoms with Crippen LogP contribution >= 0.6 is 22.9 Å². The molecule has 3 aromatic rings. The van der Waals surface area contributed by atoms with Gasteiger partial charge in [0.1, 0.15) is 10.6 Å². The Labute approximate surface area is 138 Å². The molecule has 4 nitrogen and oxygen atoms in total. The first-order chi connectivity index (χ1) is 10.7. The van der Waals surface area contributed by atoms with Crippen molar-refractivity contribution in [3.63, 3.8) is 0 Å². The molecule has 114 valence electrons. The molecule has 1 aromatic carbocycles. The van der Waals surface area contributed by atoms with Gasteiger partial charge in [0, 0.05) is 18.0 Å². The quantitative estimate of drug-likeness (QED) is 0.721. The third kappa shape index (κ3) is 2.92. The molecule has 0 radical (unpaired) electrons. The molecule has 0 aliphatic rings. The summed E-state index contributed by atoms with van der Waals surface area (Å²) in [4.78, 5) is 12.7. The normalized spacial score (nSPS) is 11.0. The summed E-state index contributed by atoms with van der Waals surface area (Å²) in [7, 11) is 0. The van der Waals surface area contributed by atoms with E-state index in [0.29, 0.717) is 6.54 Å². The van der Waals surface area contributed by atoms with Crippen molar-refractivity contribution in [2.75, 3.05) is 24.6 Å². The first-order valence-electron chi connectivity index (χ1n) is 7.11. The lowest BCUT2D eigenvalue weighted by Crippen LogP contribution is -2.27. The molecule has 22 heavy (non-hydrogen) atoms.